The number of fused-ring (bicyclic) bond motifs is 1. The molecule has 1 aromatic carbocycles. The Labute approximate surface area is 127 Å². The van der Waals surface area contributed by atoms with Crippen LogP contribution in [-0.2, 0) is 6.42 Å². The quantitative estimate of drug-likeness (QED) is 0.900. The normalized spacial score (nSPS) is 29.1. The molecular weight excluding hydrogens is 260 g/mol. The van der Waals surface area contributed by atoms with Gasteiger partial charge in [0, 0.05) is 25.6 Å². The summed E-state index contributed by atoms with van der Waals surface area (Å²) in [5.74, 6) is 1.94. The average molecular weight is 286 g/mol. The summed E-state index contributed by atoms with van der Waals surface area (Å²) in [5, 5.41) is 3.70. The topological polar surface area (TPSA) is 24.5 Å². The number of nitrogens with zero attached hydrogens (tertiary/aromatic N) is 1. The predicted molar refractivity (Wildman–Crippen MR) is 84.8 cm³/mol. The first-order chi connectivity index (χ1) is 10.4. The first-order valence-electron chi connectivity index (χ1n) is 8.57. The molecule has 21 heavy (non-hydrogen) atoms. The lowest BCUT2D eigenvalue weighted by Crippen LogP contribution is -2.44. The molecule has 2 unspecified atom stereocenters. The molecular formula is C18H26N2O. The second-order valence-corrected chi connectivity index (χ2v) is 7.00. The van der Waals surface area contributed by atoms with Crippen molar-refractivity contribution in [3.63, 3.8) is 0 Å². The van der Waals surface area contributed by atoms with E-state index in [1.165, 1.54) is 50.9 Å². The highest BCUT2D eigenvalue weighted by molar-refractivity contribution is 5.37. The van der Waals surface area contributed by atoms with Gasteiger partial charge in [-0.2, -0.15) is 0 Å². The maximum atomic E-state index is 6.10. The van der Waals surface area contributed by atoms with Crippen LogP contribution in [0, 0.1) is 5.92 Å². The smallest absolute Gasteiger partial charge is 0.123 e. The zero-order valence-corrected chi connectivity index (χ0v) is 12.8. The Morgan fingerprint density at radius 1 is 1.19 bits per heavy atom. The van der Waals surface area contributed by atoms with Crippen LogP contribution < -0.4 is 10.1 Å². The summed E-state index contributed by atoms with van der Waals surface area (Å²) in [5.41, 5.74) is 1.38. The van der Waals surface area contributed by atoms with Gasteiger partial charge >= 0.3 is 0 Å². The molecule has 114 valence electrons. The Balaban J connectivity index is 1.27. The molecule has 3 aliphatic rings. The molecule has 0 aromatic heterocycles. The summed E-state index contributed by atoms with van der Waals surface area (Å²) in [6, 6.07) is 9.34. The van der Waals surface area contributed by atoms with Crippen molar-refractivity contribution in [3.8, 4) is 5.75 Å². The Bertz CT molecular complexity index is 461. The van der Waals surface area contributed by atoms with Crippen LogP contribution in [-0.4, -0.2) is 43.2 Å². The number of piperidine rings is 1. The lowest BCUT2D eigenvalue weighted by molar-refractivity contribution is 0.110. The molecule has 1 saturated carbocycles. The molecule has 0 amide bonds. The molecule has 2 atom stereocenters. The van der Waals surface area contributed by atoms with Crippen molar-refractivity contribution in [1.82, 2.24) is 10.2 Å². The van der Waals surface area contributed by atoms with Crippen LogP contribution in [0.4, 0.5) is 0 Å². The minimum Gasteiger partial charge on any atom is -0.488 e. The number of para-hydroxylation sites is 1. The molecule has 1 aliphatic carbocycles. The van der Waals surface area contributed by atoms with Gasteiger partial charge in [0.25, 0.3) is 0 Å². The minimum absolute atomic E-state index is 0.359. The molecule has 2 fully saturated rings. The summed E-state index contributed by atoms with van der Waals surface area (Å²) < 4.78 is 6.10. The van der Waals surface area contributed by atoms with Gasteiger partial charge in [0.05, 0.1) is 0 Å². The fraction of sp³-hybridized carbons (Fsp3) is 0.667. The first kappa shape index (κ1) is 13.6. The first-order valence-corrected chi connectivity index (χ1v) is 8.57. The fourth-order valence-electron chi connectivity index (χ4n) is 3.75. The van der Waals surface area contributed by atoms with E-state index in [1.807, 2.05) is 0 Å². The molecule has 0 bridgehead atoms. The zero-order chi connectivity index (χ0) is 14.1. The number of benzene rings is 1. The fourth-order valence-corrected chi connectivity index (χ4v) is 3.75. The molecule has 1 saturated heterocycles. The summed E-state index contributed by atoms with van der Waals surface area (Å²) >= 11 is 0. The molecule has 2 aliphatic heterocycles. The van der Waals surface area contributed by atoms with Gasteiger partial charge in [-0.15, -0.1) is 0 Å². The van der Waals surface area contributed by atoms with Crippen molar-refractivity contribution in [3.05, 3.63) is 29.8 Å². The molecule has 0 radical (unpaired) electrons. The van der Waals surface area contributed by atoms with Crippen molar-refractivity contribution >= 4 is 0 Å². The third-order valence-corrected chi connectivity index (χ3v) is 5.05. The summed E-state index contributed by atoms with van der Waals surface area (Å²) in [4.78, 5) is 2.62. The lowest BCUT2D eigenvalue weighted by atomic mass is 9.97. The number of nitrogens with one attached hydrogen (secondary N) is 1. The second-order valence-electron chi connectivity index (χ2n) is 7.00. The van der Waals surface area contributed by atoms with Crippen molar-refractivity contribution < 1.29 is 4.74 Å². The Morgan fingerprint density at radius 2 is 2.10 bits per heavy atom. The summed E-state index contributed by atoms with van der Waals surface area (Å²) in [6.07, 6.45) is 6.96. The Kier molecular flexibility index (Phi) is 3.87. The van der Waals surface area contributed by atoms with Crippen LogP contribution in [0.25, 0.3) is 0 Å². The van der Waals surface area contributed by atoms with Crippen molar-refractivity contribution in [2.24, 2.45) is 5.92 Å². The van der Waals surface area contributed by atoms with Gasteiger partial charge in [0.15, 0.2) is 0 Å². The van der Waals surface area contributed by atoms with E-state index in [1.54, 1.807) is 0 Å². The van der Waals surface area contributed by atoms with Crippen LogP contribution in [0.15, 0.2) is 24.3 Å². The number of rotatable bonds is 5. The van der Waals surface area contributed by atoms with E-state index in [2.05, 4.69) is 34.5 Å². The third kappa shape index (κ3) is 3.41. The van der Waals surface area contributed by atoms with Crippen LogP contribution in [0.1, 0.15) is 31.2 Å². The Morgan fingerprint density at radius 3 is 2.95 bits per heavy atom. The zero-order valence-electron chi connectivity index (χ0n) is 12.8. The van der Waals surface area contributed by atoms with Gasteiger partial charge in [0.2, 0.25) is 0 Å². The number of ether oxygens (including phenoxy) is 1. The van der Waals surface area contributed by atoms with Gasteiger partial charge < -0.3 is 10.1 Å². The number of hydrogen-bond donors (Lipinski definition) is 1. The molecule has 1 aromatic rings. The molecule has 2 heterocycles. The van der Waals surface area contributed by atoms with E-state index < -0.39 is 0 Å². The average Bonchev–Trinajstić information content (AvgIpc) is 3.24. The maximum absolute atomic E-state index is 6.10. The maximum Gasteiger partial charge on any atom is 0.123 e. The lowest BCUT2D eigenvalue weighted by Gasteiger charge is -2.34. The highest BCUT2D eigenvalue weighted by Crippen LogP contribution is 2.29. The van der Waals surface area contributed by atoms with E-state index in [0.29, 0.717) is 6.10 Å². The van der Waals surface area contributed by atoms with Crippen LogP contribution in [0.5, 0.6) is 5.75 Å². The predicted octanol–water partition coefficient (Wildman–Crippen LogP) is 2.45. The highest BCUT2D eigenvalue weighted by atomic mass is 16.5. The minimum atomic E-state index is 0.359. The third-order valence-electron chi connectivity index (χ3n) is 5.05. The van der Waals surface area contributed by atoms with Gasteiger partial charge in [-0.05, 0) is 56.3 Å². The summed E-state index contributed by atoms with van der Waals surface area (Å²) in [6.45, 7) is 4.80. The van der Waals surface area contributed by atoms with E-state index >= 15 is 0 Å². The van der Waals surface area contributed by atoms with Crippen molar-refractivity contribution in [2.75, 3.05) is 26.2 Å². The number of hydrogen-bond acceptors (Lipinski definition) is 3. The van der Waals surface area contributed by atoms with E-state index in [4.69, 9.17) is 4.74 Å². The molecule has 0 spiro atoms. The molecule has 3 heteroatoms. The van der Waals surface area contributed by atoms with Crippen molar-refractivity contribution in [1.29, 1.82) is 0 Å². The van der Waals surface area contributed by atoms with Crippen LogP contribution >= 0.6 is 0 Å². The van der Waals surface area contributed by atoms with Crippen LogP contribution in [0.3, 0.4) is 0 Å². The van der Waals surface area contributed by atoms with Gasteiger partial charge in [-0.1, -0.05) is 18.2 Å². The SMILES string of the molecule is c1ccc2c(c1)CC(CN1CCCC(CNC3CC3)C1)O2. The second kappa shape index (κ2) is 5.98. The molecule has 4 rings (SSSR count). The van der Waals surface area contributed by atoms with Crippen LogP contribution in [0.2, 0.25) is 0 Å². The standard InChI is InChI=1S/C18H26N2O/c1-2-6-18-15(5-1)10-17(21-18)13-20-9-3-4-14(12-20)11-19-16-7-8-16/h1-2,5-6,14,16-17,19H,3-4,7-13H2. The number of likely N-dealkylation sites (tertiary alicyclic amines) is 1. The van der Waals surface area contributed by atoms with Gasteiger partial charge in [-0.3, -0.25) is 4.90 Å². The Hall–Kier alpha value is -1.06. The van der Waals surface area contributed by atoms with Gasteiger partial charge in [0.1, 0.15) is 11.9 Å². The largest absolute Gasteiger partial charge is 0.488 e. The van der Waals surface area contributed by atoms with E-state index in [9.17, 15) is 0 Å². The van der Waals surface area contributed by atoms with E-state index in [0.717, 1.165) is 30.7 Å². The highest BCUT2D eigenvalue weighted by Gasteiger charge is 2.28. The molecule has 1 N–H and O–H groups in total. The van der Waals surface area contributed by atoms with E-state index in [-0.39, 0.29) is 0 Å². The monoisotopic (exact) mass is 286 g/mol. The summed E-state index contributed by atoms with van der Waals surface area (Å²) in [7, 11) is 0. The molecule has 3 nitrogen and oxygen atoms in total. The van der Waals surface area contributed by atoms with Gasteiger partial charge in [-0.25, -0.2) is 0 Å². The van der Waals surface area contributed by atoms with Crippen molar-refractivity contribution in [2.45, 2.75) is 44.2 Å².